The molecule has 0 saturated heterocycles. The van der Waals surface area contributed by atoms with Gasteiger partial charge in [0.05, 0.1) is 35.4 Å². The molecule has 5 rings (SSSR count). The van der Waals surface area contributed by atoms with Gasteiger partial charge in [-0.2, -0.15) is 0 Å². The van der Waals surface area contributed by atoms with E-state index in [0.717, 1.165) is 10.9 Å². The fraction of sp³-hybridized carbons (Fsp3) is 0.0909. The Hall–Kier alpha value is -3.22. The molecule has 2 amide bonds. The molecule has 8 heteroatoms. The van der Waals surface area contributed by atoms with E-state index in [2.05, 4.69) is 10.3 Å². The summed E-state index contributed by atoms with van der Waals surface area (Å²) in [5, 5.41) is 4.41. The van der Waals surface area contributed by atoms with E-state index in [1.54, 1.807) is 25.3 Å². The molecule has 4 aromatic rings. The van der Waals surface area contributed by atoms with Gasteiger partial charge in [0.15, 0.2) is 0 Å². The zero-order valence-corrected chi connectivity index (χ0v) is 17.4. The number of hydrogen-bond donors (Lipinski definition) is 2. The summed E-state index contributed by atoms with van der Waals surface area (Å²) in [6.07, 6.45) is 0. The Kier molecular flexibility index (Phi) is 4.17. The van der Waals surface area contributed by atoms with E-state index in [9.17, 15) is 9.59 Å². The maximum absolute atomic E-state index is 12.8. The largest absolute Gasteiger partial charge is 0.497 e. The minimum Gasteiger partial charge on any atom is -0.497 e. The van der Waals surface area contributed by atoms with E-state index in [1.807, 2.05) is 18.2 Å². The Morgan fingerprint density at radius 2 is 1.60 bits per heavy atom. The molecule has 0 unspecified atom stereocenters. The second kappa shape index (κ2) is 6.65. The summed E-state index contributed by atoms with van der Waals surface area (Å²) in [4.78, 5) is 28.9. The number of methoxy groups -OCH3 is 2. The highest BCUT2D eigenvalue weighted by Crippen LogP contribution is 2.46. The van der Waals surface area contributed by atoms with Crippen molar-refractivity contribution in [2.45, 2.75) is 0 Å². The SMILES string of the molecule is COc1ccc2[nH]c3cc(-c4c(Cl)ccc(OC)c4Cl)c4c(c3c2c1)C(=O)NC4=O. The Morgan fingerprint density at radius 3 is 2.33 bits per heavy atom. The van der Waals surface area contributed by atoms with Gasteiger partial charge in [0.2, 0.25) is 0 Å². The predicted octanol–water partition coefficient (Wildman–Crippen LogP) is 5.20. The van der Waals surface area contributed by atoms with E-state index in [4.69, 9.17) is 32.7 Å². The number of ether oxygens (including phenoxy) is 2. The highest BCUT2D eigenvalue weighted by molar-refractivity contribution is 6.41. The second-order valence-corrected chi connectivity index (χ2v) is 7.64. The molecule has 0 atom stereocenters. The molecule has 150 valence electrons. The molecule has 0 saturated carbocycles. The first kappa shape index (κ1) is 18.8. The molecule has 0 spiro atoms. The van der Waals surface area contributed by atoms with E-state index in [1.165, 1.54) is 7.11 Å². The van der Waals surface area contributed by atoms with Crippen molar-refractivity contribution >= 4 is 56.8 Å². The number of nitrogens with one attached hydrogen (secondary N) is 2. The van der Waals surface area contributed by atoms with Gasteiger partial charge >= 0.3 is 0 Å². The number of carbonyl (C=O) groups is 2. The molecule has 0 bridgehead atoms. The topological polar surface area (TPSA) is 80.4 Å². The lowest BCUT2D eigenvalue weighted by Gasteiger charge is -2.14. The van der Waals surface area contributed by atoms with Crippen LogP contribution in [0.3, 0.4) is 0 Å². The number of rotatable bonds is 3. The molecule has 0 aliphatic carbocycles. The second-order valence-electron chi connectivity index (χ2n) is 6.86. The van der Waals surface area contributed by atoms with Gasteiger partial charge in [-0.25, -0.2) is 0 Å². The van der Waals surface area contributed by atoms with E-state index >= 15 is 0 Å². The van der Waals surface area contributed by atoms with Crippen molar-refractivity contribution in [2.75, 3.05) is 14.2 Å². The average molecular weight is 441 g/mol. The van der Waals surface area contributed by atoms with Crippen molar-refractivity contribution < 1.29 is 19.1 Å². The molecule has 30 heavy (non-hydrogen) atoms. The highest BCUT2D eigenvalue weighted by Gasteiger charge is 2.35. The maximum Gasteiger partial charge on any atom is 0.259 e. The standard InChI is InChI=1S/C22H14Cl2N2O4/c1-29-9-3-5-13-10(7-9)17-14(25-13)8-11(18-19(17)22(28)26-21(18)27)16-12(23)4-6-15(30-2)20(16)24/h3-8,25H,1-2H3,(H,26,27,28). The molecule has 1 aromatic heterocycles. The maximum atomic E-state index is 12.8. The zero-order chi connectivity index (χ0) is 21.2. The average Bonchev–Trinajstić information content (AvgIpc) is 3.24. The number of imide groups is 1. The minimum atomic E-state index is -0.501. The van der Waals surface area contributed by atoms with Crippen LogP contribution in [0.15, 0.2) is 36.4 Å². The molecule has 1 aliphatic heterocycles. The van der Waals surface area contributed by atoms with Crippen LogP contribution in [0.5, 0.6) is 11.5 Å². The summed E-state index contributed by atoms with van der Waals surface area (Å²) in [5.74, 6) is 0.0840. The highest BCUT2D eigenvalue weighted by atomic mass is 35.5. The Bertz CT molecular complexity index is 1410. The van der Waals surface area contributed by atoms with Crippen LogP contribution in [0.25, 0.3) is 32.9 Å². The van der Waals surface area contributed by atoms with Crippen molar-refractivity contribution in [3.8, 4) is 22.6 Å². The predicted molar refractivity (Wildman–Crippen MR) is 116 cm³/mol. The third kappa shape index (κ3) is 2.51. The van der Waals surface area contributed by atoms with Crippen LogP contribution >= 0.6 is 23.2 Å². The summed E-state index contributed by atoms with van der Waals surface area (Å²) < 4.78 is 10.6. The lowest BCUT2D eigenvalue weighted by Crippen LogP contribution is -2.20. The molecule has 1 aliphatic rings. The third-order valence-electron chi connectivity index (χ3n) is 5.32. The number of benzene rings is 3. The summed E-state index contributed by atoms with van der Waals surface area (Å²) in [7, 11) is 3.06. The first-order valence-electron chi connectivity index (χ1n) is 8.99. The Balaban J connectivity index is 1.96. The van der Waals surface area contributed by atoms with Crippen LogP contribution in [-0.4, -0.2) is 31.0 Å². The van der Waals surface area contributed by atoms with Gasteiger partial charge in [0.25, 0.3) is 11.8 Å². The smallest absolute Gasteiger partial charge is 0.259 e. The fourth-order valence-corrected chi connectivity index (χ4v) is 4.65. The van der Waals surface area contributed by atoms with Crippen molar-refractivity contribution in [1.82, 2.24) is 10.3 Å². The summed E-state index contributed by atoms with van der Waals surface area (Å²) in [6, 6.07) is 10.6. The number of aromatic nitrogens is 1. The quantitative estimate of drug-likeness (QED) is 0.429. The van der Waals surface area contributed by atoms with E-state index < -0.39 is 11.8 Å². The first-order valence-corrected chi connectivity index (χ1v) is 9.74. The Labute approximate surface area is 180 Å². The number of halogens is 2. The van der Waals surface area contributed by atoms with Crippen LogP contribution in [0.1, 0.15) is 20.7 Å². The fourth-order valence-electron chi connectivity index (χ4n) is 4.00. The minimum absolute atomic E-state index is 0.230. The lowest BCUT2D eigenvalue weighted by atomic mass is 9.92. The van der Waals surface area contributed by atoms with Crippen LogP contribution in [-0.2, 0) is 0 Å². The van der Waals surface area contributed by atoms with E-state index in [0.29, 0.717) is 38.6 Å². The zero-order valence-electron chi connectivity index (χ0n) is 15.9. The van der Waals surface area contributed by atoms with Crippen LogP contribution in [0.4, 0.5) is 0 Å². The molecule has 6 nitrogen and oxygen atoms in total. The number of aromatic amines is 1. The number of amides is 2. The lowest BCUT2D eigenvalue weighted by molar-refractivity contribution is 0.0880. The molecular formula is C22H14Cl2N2O4. The molecule has 0 fully saturated rings. The first-order chi connectivity index (χ1) is 14.4. The monoisotopic (exact) mass is 440 g/mol. The number of hydrogen-bond acceptors (Lipinski definition) is 4. The third-order valence-corrected chi connectivity index (χ3v) is 6.01. The Morgan fingerprint density at radius 1 is 0.833 bits per heavy atom. The van der Waals surface area contributed by atoms with Gasteiger partial charge in [0.1, 0.15) is 11.5 Å². The normalized spacial score (nSPS) is 13.1. The molecule has 2 N–H and O–H groups in total. The number of fused-ring (bicyclic) bond motifs is 5. The van der Waals surface area contributed by atoms with Gasteiger partial charge in [-0.05, 0) is 36.4 Å². The summed E-state index contributed by atoms with van der Waals surface area (Å²) in [5.41, 5.74) is 2.87. The van der Waals surface area contributed by atoms with Crippen molar-refractivity contribution in [2.24, 2.45) is 0 Å². The van der Waals surface area contributed by atoms with Gasteiger partial charge in [-0.1, -0.05) is 23.2 Å². The molecule has 0 radical (unpaired) electrons. The molecule has 2 heterocycles. The molecule has 3 aromatic carbocycles. The van der Waals surface area contributed by atoms with Crippen molar-refractivity contribution in [3.63, 3.8) is 0 Å². The van der Waals surface area contributed by atoms with Crippen molar-refractivity contribution in [3.05, 3.63) is 57.6 Å². The van der Waals surface area contributed by atoms with Crippen LogP contribution in [0, 0.1) is 0 Å². The van der Waals surface area contributed by atoms with Crippen LogP contribution in [0.2, 0.25) is 10.0 Å². The molecular weight excluding hydrogens is 427 g/mol. The van der Waals surface area contributed by atoms with Gasteiger partial charge in [-0.15, -0.1) is 0 Å². The summed E-state index contributed by atoms with van der Waals surface area (Å²) >= 11 is 13.0. The van der Waals surface area contributed by atoms with Crippen LogP contribution < -0.4 is 14.8 Å². The van der Waals surface area contributed by atoms with Gasteiger partial charge in [0, 0.05) is 32.9 Å². The number of carbonyl (C=O) groups excluding carboxylic acids is 2. The van der Waals surface area contributed by atoms with Gasteiger partial charge < -0.3 is 14.5 Å². The number of H-pyrrole nitrogens is 1. The van der Waals surface area contributed by atoms with Crippen molar-refractivity contribution in [1.29, 1.82) is 0 Å². The van der Waals surface area contributed by atoms with E-state index in [-0.39, 0.29) is 16.1 Å². The summed E-state index contributed by atoms with van der Waals surface area (Å²) in [6.45, 7) is 0. The van der Waals surface area contributed by atoms with Gasteiger partial charge in [-0.3, -0.25) is 14.9 Å².